The molecule has 1 aliphatic carbocycles. The zero-order valence-electron chi connectivity index (χ0n) is 9.46. The molecule has 1 heterocycles. The molecule has 4 heteroatoms. The number of fused-ring (bicyclic) bond motifs is 4. The molecule has 2 aliphatic rings. The van der Waals surface area contributed by atoms with Crippen LogP contribution in [-0.2, 0) is 6.42 Å². The largest absolute Gasteiger partial charge is 0.435 e. The Morgan fingerprint density at radius 3 is 3.00 bits per heavy atom. The lowest BCUT2D eigenvalue weighted by Crippen LogP contribution is -2.39. The Hall–Kier alpha value is -1.16. The summed E-state index contributed by atoms with van der Waals surface area (Å²) in [5.41, 5.74) is 2.49. The first-order chi connectivity index (χ1) is 8.22. The molecule has 2 unspecified atom stereocenters. The molecule has 1 N–H and O–H groups in total. The van der Waals surface area contributed by atoms with Crippen LogP contribution in [0.3, 0.4) is 0 Å². The second-order valence-electron chi connectivity index (χ2n) is 4.90. The van der Waals surface area contributed by atoms with E-state index in [1.165, 1.54) is 17.5 Å². The fourth-order valence-electron chi connectivity index (χ4n) is 3.07. The van der Waals surface area contributed by atoms with Crippen LogP contribution < -0.4 is 10.1 Å². The molecule has 1 aromatic carbocycles. The van der Waals surface area contributed by atoms with Gasteiger partial charge in [0, 0.05) is 6.54 Å². The molecule has 0 amide bonds. The van der Waals surface area contributed by atoms with Crippen molar-refractivity contribution in [2.75, 3.05) is 13.1 Å². The van der Waals surface area contributed by atoms with E-state index in [4.69, 9.17) is 0 Å². The molecule has 92 valence electrons. The van der Waals surface area contributed by atoms with Crippen LogP contribution in [0.25, 0.3) is 0 Å². The van der Waals surface area contributed by atoms with Gasteiger partial charge >= 0.3 is 6.61 Å². The van der Waals surface area contributed by atoms with Gasteiger partial charge in [0.1, 0.15) is 5.75 Å². The van der Waals surface area contributed by atoms with E-state index in [1.807, 2.05) is 6.07 Å². The topological polar surface area (TPSA) is 21.3 Å². The van der Waals surface area contributed by atoms with E-state index in [0.29, 0.717) is 11.8 Å². The Morgan fingerprint density at radius 1 is 1.29 bits per heavy atom. The highest BCUT2D eigenvalue weighted by atomic mass is 19.3. The van der Waals surface area contributed by atoms with Crippen LogP contribution in [0.15, 0.2) is 18.2 Å². The highest BCUT2D eigenvalue weighted by molar-refractivity contribution is 5.40. The average Bonchev–Trinajstić information content (AvgIpc) is 2.28. The zero-order valence-corrected chi connectivity index (χ0v) is 9.46. The van der Waals surface area contributed by atoms with E-state index in [1.54, 1.807) is 12.1 Å². The number of hydrogen-bond acceptors (Lipinski definition) is 2. The van der Waals surface area contributed by atoms with Crippen molar-refractivity contribution in [2.45, 2.75) is 25.4 Å². The number of alkyl halides is 2. The summed E-state index contributed by atoms with van der Waals surface area (Å²) < 4.78 is 28.8. The molecule has 2 atom stereocenters. The second kappa shape index (κ2) is 4.26. The van der Waals surface area contributed by atoms with E-state index in [0.717, 1.165) is 19.5 Å². The van der Waals surface area contributed by atoms with Gasteiger partial charge in [0.15, 0.2) is 0 Å². The first-order valence-electron chi connectivity index (χ1n) is 6.00. The van der Waals surface area contributed by atoms with Crippen molar-refractivity contribution in [3.8, 4) is 5.75 Å². The summed E-state index contributed by atoms with van der Waals surface area (Å²) in [6, 6.07) is 5.38. The van der Waals surface area contributed by atoms with Gasteiger partial charge in [-0.15, -0.1) is 0 Å². The quantitative estimate of drug-likeness (QED) is 0.856. The Kier molecular flexibility index (Phi) is 2.74. The van der Waals surface area contributed by atoms with Crippen molar-refractivity contribution >= 4 is 0 Å². The molecule has 0 saturated carbocycles. The molecule has 17 heavy (non-hydrogen) atoms. The molecule has 1 aromatic rings. The Morgan fingerprint density at radius 2 is 2.18 bits per heavy atom. The lowest BCUT2D eigenvalue weighted by atomic mass is 9.74. The van der Waals surface area contributed by atoms with Crippen LogP contribution in [0.5, 0.6) is 5.75 Å². The van der Waals surface area contributed by atoms with Gasteiger partial charge in [-0.2, -0.15) is 8.78 Å². The third-order valence-corrected chi connectivity index (χ3v) is 3.73. The maximum atomic E-state index is 12.2. The average molecular weight is 239 g/mol. The molecular weight excluding hydrogens is 224 g/mol. The summed E-state index contributed by atoms with van der Waals surface area (Å²) in [4.78, 5) is 0. The number of halogens is 2. The number of benzene rings is 1. The highest BCUT2D eigenvalue weighted by Crippen LogP contribution is 2.38. The lowest BCUT2D eigenvalue weighted by Gasteiger charge is -2.36. The SMILES string of the molecule is FC(F)Oc1ccc2c(c1)CC1CNCC2C1. The van der Waals surface area contributed by atoms with Gasteiger partial charge in [0.2, 0.25) is 0 Å². The van der Waals surface area contributed by atoms with Gasteiger partial charge in [-0.1, -0.05) is 6.07 Å². The van der Waals surface area contributed by atoms with Gasteiger partial charge in [0.05, 0.1) is 0 Å². The Bertz CT molecular complexity index is 422. The first kappa shape index (κ1) is 11.0. The van der Waals surface area contributed by atoms with E-state index in [-0.39, 0.29) is 5.75 Å². The predicted octanol–water partition coefficient (Wildman–Crippen LogP) is 2.54. The van der Waals surface area contributed by atoms with E-state index < -0.39 is 6.61 Å². The van der Waals surface area contributed by atoms with Crippen LogP contribution in [0.1, 0.15) is 23.5 Å². The third-order valence-electron chi connectivity index (χ3n) is 3.73. The Labute approximate surface area is 99.0 Å². The first-order valence-corrected chi connectivity index (χ1v) is 6.00. The van der Waals surface area contributed by atoms with E-state index in [2.05, 4.69) is 10.1 Å². The van der Waals surface area contributed by atoms with E-state index >= 15 is 0 Å². The van der Waals surface area contributed by atoms with Crippen molar-refractivity contribution in [3.63, 3.8) is 0 Å². The fraction of sp³-hybridized carbons (Fsp3) is 0.538. The number of piperidine rings is 1. The molecule has 2 bridgehead atoms. The molecular formula is C13H15F2NO. The van der Waals surface area contributed by atoms with Crippen LogP contribution in [-0.4, -0.2) is 19.7 Å². The second-order valence-corrected chi connectivity index (χ2v) is 4.90. The van der Waals surface area contributed by atoms with Crippen LogP contribution in [0, 0.1) is 5.92 Å². The minimum absolute atomic E-state index is 0.284. The fourth-order valence-corrected chi connectivity index (χ4v) is 3.07. The van der Waals surface area contributed by atoms with Crippen molar-refractivity contribution in [1.82, 2.24) is 5.32 Å². The summed E-state index contributed by atoms with van der Waals surface area (Å²) in [5, 5.41) is 3.42. The van der Waals surface area contributed by atoms with Gasteiger partial charge < -0.3 is 10.1 Å². The maximum Gasteiger partial charge on any atom is 0.387 e. The predicted molar refractivity (Wildman–Crippen MR) is 60.5 cm³/mol. The summed E-state index contributed by atoms with van der Waals surface area (Å²) in [6.07, 6.45) is 2.19. The van der Waals surface area contributed by atoms with Gasteiger partial charge in [-0.05, 0) is 54.5 Å². The highest BCUT2D eigenvalue weighted by Gasteiger charge is 2.30. The summed E-state index contributed by atoms with van der Waals surface area (Å²) >= 11 is 0. The molecule has 1 fully saturated rings. The van der Waals surface area contributed by atoms with Crippen molar-refractivity contribution in [3.05, 3.63) is 29.3 Å². The number of nitrogens with one attached hydrogen (secondary N) is 1. The molecule has 1 saturated heterocycles. The smallest absolute Gasteiger partial charge is 0.387 e. The molecule has 1 aliphatic heterocycles. The Balaban J connectivity index is 1.90. The maximum absolute atomic E-state index is 12.2. The van der Waals surface area contributed by atoms with Crippen LogP contribution >= 0.6 is 0 Å². The molecule has 2 nitrogen and oxygen atoms in total. The number of hydrogen-bond donors (Lipinski definition) is 1. The minimum atomic E-state index is -2.74. The van der Waals surface area contributed by atoms with Gasteiger partial charge in [-0.25, -0.2) is 0 Å². The van der Waals surface area contributed by atoms with Crippen LogP contribution in [0.2, 0.25) is 0 Å². The normalized spacial score (nSPS) is 26.8. The van der Waals surface area contributed by atoms with Crippen LogP contribution in [0.4, 0.5) is 8.78 Å². The number of rotatable bonds is 2. The molecule has 3 rings (SSSR count). The summed E-state index contributed by atoms with van der Waals surface area (Å²) in [6.45, 7) is -0.702. The lowest BCUT2D eigenvalue weighted by molar-refractivity contribution is -0.0499. The van der Waals surface area contributed by atoms with Gasteiger partial charge in [0.25, 0.3) is 0 Å². The van der Waals surface area contributed by atoms with Crippen molar-refractivity contribution in [2.24, 2.45) is 5.92 Å². The summed E-state index contributed by atoms with van der Waals surface area (Å²) in [5.74, 6) is 1.47. The summed E-state index contributed by atoms with van der Waals surface area (Å²) in [7, 11) is 0. The standard InChI is InChI=1S/C13H15F2NO/c14-13(15)17-11-1-2-12-9(5-11)3-8-4-10(12)7-16-6-8/h1-2,5,8,10,13,16H,3-4,6-7H2. The van der Waals surface area contributed by atoms with Crippen molar-refractivity contribution in [1.29, 1.82) is 0 Å². The minimum Gasteiger partial charge on any atom is -0.435 e. The van der Waals surface area contributed by atoms with Crippen molar-refractivity contribution < 1.29 is 13.5 Å². The third kappa shape index (κ3) is 2.14. The molecule has 0 radical (unpaired) electrons. The molecule has 0 spiro atoms. The zero-order chi connectivity index (χ0) is 11.8. The van der Waals surface area contributed by atoms with Gasteiger partial charge in [-0.3, -0.25) is 0 Å². The van der Waals surface area contributed by atoms with E-state index in [9.17, 15) is 8.78 Å². The monoisotopic (exact) mass is 239 g/mol. The molecule has 0 aromatic heterocycles. The number of ether oxygens (including phenoxy) is 1.